The molecule has 2 aromatic carbocycles. The normalized spacial score (nSPS) is 10.7. The molecule has 112 valence electrons. The molecule has 2 heteroatoms. The molecule has 0 saturated carbocycles. The first kappa shape index (κ1) is 15.6. The molecule has 0 aliphatic rings. The van der Waals surface area contributed by atoms with E-state index in [-0.39, 0.29) is 0 Å². The summed E-state index contributed by atoms with van der Waals surface area (Å²) in [6, 6.07) is 11.1. The summed E-state index contributed by atoms with van der Waals surface area (Å²) in [5.41, 5.74) is 7.57. The van der Waals surface area contributed by atoms with Crippen LogP contribution in [-0.4, -0.2) is 13.7 Å². The van der Waals surface area contributed by atoms with Crippen LogP contribution < -0.4 is 10.1 Å². The molecule has 0 aromatic heterocycles. The molecule has 0 atom stereocenters. The molecular weight excluding hydrogens is 258 g/mol. The molecule has 0 bridgehead atoms. The van der Waals surface area contributed by atoms with Gasteiger partial charge in [0.15, 0.2) is 0 Å². The zero-order chi connectivity index (χ0) is 15.4. The van der Waals surface area contributed by atoms with Crippen molar-refractivity contribution in [3.8, 4) is 16.9 Å². The number of hydrogen-bond donors (Lipinski definition) is 1. The van der Waals surface area contributed by atoms with Crippen molar-refractivity contribution < 1.29 is 4.74 Å². The Morgan fingerprint density at radius 3 is 2.19 bits per heavy atom. The van der Waals surface area contributed by atoms with Gasteiger partial charge >= 0.3 is 0 Å². The van der Waals surface area contributed by atoms with Crippen molar-refractivity contribution in [2.75, 3.05) is 13.7 Å². The SMILES string of the molecule is CCNCc1ccc(C)c(-c2cc(C)c(OC)c(C)c2)c1. The molecule has 0 aliphatic carbocycles. The van der Waals surface area contributed by atoms with Crippen LogP contribution in [0.3, 0.4) is 0 Å². The van der Waals surface area contributed by atoms with E-state index in [1.54, 1.807) is 7.11 Å². The lowest BCUT2D eigenvalue weighted by molar-refractivity contribution is 0.408. The van der Waals surface area contributed by atoms with E-state index in [4.69, 9.17) is 4.74 Å². The predicted octanol–water partition coefficient (Wildman–Crippen LogP) is 4.40. The van der Waals surface area contributed by atoms with Crippen molar-refractivity contribution in [1.82, 2.24) is 5.32 Å². The minimum absolute atomic E-state index is 0.915. The lowest BCUT2D eigenvalue weighted by atomic mass is 9.95. The molecule has 2 nitrogen and oxygen atoms in total. The highest BCUT2D eigenvalue weighted by Crippen LogP contribution is 2.32. The number of hydrogen-bond acceptors (Lipinski definition) is 2. The minimum atomic E-state index is 0.915. The van der Waals surface area contributed by atoms with Crippen molar-refractivity contribution in [2.24, 2.45) is 0 Å². The summed E-state index contributed by atoms with van der Waals surface area (Å²) in [4.78, 5) is 0. The Hall–Kier alpha value is -1.80. The highest BCUT2D eigenvalue weighted by molar-refractivity contribution is 5.71. The summed E-state index contributed by atoms with van der Waals surface area (Å²) in [6.07, 6.45) is 0. The van der Waals surface area contributed by atoms with E-state index in [0.717, 1.165) is 18.8 Å². The number of methoxy groups -OCH3 is 1. The van der Waals surface area contributed by atoms with Crippen LogP contribution >= 0.6 is 0 Å². The van der Waals surface area contributed by atoms with Crippen molar-refractivity contribution in [3.05, 3.63) is 52.6 Å². The van der Waals surface area contributed by atoms with Gasteiger partial charge in [-0.05, 0) is 78.9 Å². The zero-order valence-electron chi connectivity index (χ0n) is 13.7. The molecule has 21 heavy (non-hydrogen) atoms. The molecule has 0 radical (unpaired) electrons. The molecule has 2 aromatic rings. The van der Waals surface area contributed by atoms with Gasteiger partial charge in [-0.3, -0.25) is 0 Å². The first-order valence-electron chi connectivity index (χ1n) is 7.52. The summed E-state index contributed by atoms with van der Waals surface area (Å²) < 4.78 is 5.46. The Labute approximate surface area is 128 Å². The predicted molar refractivity (Wildman–Crippen MR) is 90.0 cm³/mol. The zero-order valence-corrected chi connectivity index (χ0v) is 13.7. The summed E-state index contributed by atoms with van der Waals surface area (Å²) in [7, 11) is 1.73. The Kier molecular flexibility index (Phi) is 5.03. The van der Waals surface area contributed by atoms with Gasteiger partial charge in [-0.1, -0.05) is 19.1 Å². The van der Waals surface area contributed by atoms with Crippen LogP contribution in [0, 0.1) is 20.8 Å². The monoisotopic (exact) mass is 283 g/mol. The van der Waals surface area contributed by atoms with Crippen LogP contribution in [0.1, 0.15) is 29.2 Å². The van der Waals surface area contributed by atoms with Gasteiger partial charge in [0, 0.05) is 6.54 Å². The molecular formula is C19H25NO. The molecule has 0 aliphatic heterocycles. The standard InChI is InChI=1S/C19H25NO/c1-6-20-12-16-8-7-13(2)18(11-16)17-9-14(3)19(21-5)15(4)10-17/h7-11,20H,6,12H2,1-5H3. The second-order valence-corrected chi connectivity index (χ2v) is 5.57. The first-order valence-corrected chi connectivity index (χ1v) is 7.52. The third-order valence-corrected chi connectivity index (χ3v) is 3.86. The highest BCUT2D eigenvalue weighted by Gasteiger charge is 2.09. The largest absolute Gasteiger partial charge is 0.496 e. The summed E-state index contributed by atoms with van der Waals surface area (Å²) >= 11 is 0. The number of nitrogens with one attached hydrogen (secondary N) is 1. The fraction of sp³-hybridized carbons (Fsp3) is 0.368. The van der Waals surface area contributed by atoms with Crippen LogP contribution in [0.2, 0.25) is 0 Å². The topological polar surface area (TPSA) is 21.3 Å². The van der Waals surface area contributed by atoms with Gasteiger partial charge in [-0.2, -0.15) is 0 Å². The molecule has 0 heterocycles. The van der Waals surface area contributed by atoms with Gasteiger partial charge < -0.3 is 10.1 Å². The van der Waals surface area contributed by atoms with E-state index in [1.807, 2.05) is 0 Å². The molecule has 1 N–H and O–H groups in total. The van der Waals surface area contributed by atoms with Crippen LogP contribution in [-0.2, 0) is 6.54 Å². The molecule has 0 spiro atoms. The van der Waals surface area contributed by atoms with E-state index >= 15 is 0 Å². The van der Waals surface area contributed by atoms with Gasteiger partial charge in [-0.15, -0.1) is 0 Å². The molecule has 0 fully saturated rings. The maximum atomic E-state index is 5.46. The van der Waals surface area contributed by atoms with E-state index in [0.29, 0.717) is 0 Å². The van der Waals surface area contributed by atoms with E-state index < -0.39 is 0 Å². The van der Waals surface area contributed by atoms with Crippen LogP contribution in [0.15, 0.2) is 30.3 Å². The minimum Gasteiger partial charge on any atom is -0.496 e. The Morgan fingerprint density at radius 1 is 0.952 bits per heavy atom. The maximum absolute atomic E-state index is 5.46. The molecule has 2 rings (SSSR count). The lowest BCUT2D eigenvalue weighted by Crippen LogP contribution is -2.11. The maximum Gasteiger partial charge on any atom is 0.124 e. The van der Waals surface area contributed by atoms with E-state index in [2.05, 4.69) is 63.3 Å². The van der Waals surface area contributed by atoms with Gasteiger partial charge in [0.25, 0.3) is 0 Å². The van der Waals surface area contributed by atoms with Gasteiger partial charge in [-0.25, -0.2) is 0 Å². The molecule has 0 saturated heterocycles. The number of aryl methyl sites for hydroxylation is 3. The van der Waals surface area contributed by atoms with Crippen molar-refractivity contribution >= 4 is 0 Å². The van der Waals surface area contributed by atoms with Crippen molar-refractivity contribution in [1.29, 1.82) is 0 Å². The van der Waals surface area contributed by atoms with Crippen LogP contribution in [0.25, 0.3) is 11.1 Å². The fourth-order valence-corrected chi connectivity index (χ4v) is 2.79. The molecule has 0 amide bonds. The highest BCUT2D eigenvalue weighted by atomic mass is 16.5. The number of benzene rings is 2. The average molecular weight is 283 g/mol. The Bertz CT molecular complexity index is 608. The lowest BCUT2D eigenvalue weighted by Gasteiger charge is -2.14. The van der Waals surface area contributed by atoms with E-state index in [1.165, 1.54) is 33.4 Å². The summed E-state index contributed by atoms with van der Waals surface area (Å²) in [6.45, 7) is 10.4. The van der Waals surface area contributed by atoms with E-state index in [9.17, 15) is 0 Å². The van der Waals surface area contributed by atoms with Crippen LogP contribution in [0.4, 0.5) is 0 Å². The number of ether oxygens (including phenoxy) is 1. The van der Waals surface area contributed by atoms with Gasteiger partial charge in [0.05, 0.1) is 7.11 Å². The molecule has 0 unspecified atom stereocenters. The first-order chi connectivity index (χ1) is 10.1. The Balaban J connectivity index is 2.45. The second-order valence-electron chi connectivity index (χ2n) is 5.57. The van der Waals surface area contributed by atoms with Gasteiger partial charge in [0.2, 0.25) is 0 Å². The average Bonchev–Trinajstić information content (AvgIpc) is 2.46. The second kappa shape index (κ2) is 6.77. The van der Waals surface area contributed by atoms with Crippen LogP contribution in [0.5, 0.6) is 5.75 Å². The number of rotatable bonds is 5. The Morgan fingerprint density at radius 2 is 1.62 bits per heavy atom. The van der Waals surface area contributed by atoms with Gasteiger partial charge in [0.1, 0.15) is 5.75 Å². The van der Waals surface area contributed by atoms with Crippen molar-refractivity contribution in [2.45, 2.75) is 34.2 Å². The summed E-state index contributed by atoms with van der Waals surface area (Å²) in [5, 5.41) is 3.38. The third-order valence-electron chi connectivity index (χ3n) is 3.86. The van der Waals surface area contributed by atoms with Crippen molar-refractivity contribution in [3.63, 3.8) is 0 Å². The summed E-state index contributed by atoms with van der Waals surface area (Å²) in [5.74, 6) is 0.986. The fourth-order valence-electron chi connectivity index (χ4n) is 2.79. The third kappa shape index (κ3) is 3.45. The smallest absolute Gasteiger partial charge is 0.124 e. The quantitative estimate of drug-likeness (QED) is 0.878.